The molecule has 0 atom stereocenters. The summed E-state index contributed by atoms with van der Waals surface area (Å²) in [5.41, 5.74) is 5.15. The number of methoxy groups -OCH3 is 1. The third kappa shape index (κ3) is 5.70. The van der Waals surface area contributed by atoms with Gasteiger partial charge < -0.3 is 10.1 Å². The zero-order valence-corrected chi connectivity index (χ0v) is 21.0. The molecule has 4 aromatic rings. The molecule has 3 heterocycles. The number of rotatable bonds is 7. The molecule has 1 aliphatic heterocycles. The van der Waals surface area contributed by atoms with Crippen LogP contribution in [0.4, 0.5) is 4.39 Å². The summed E-state index contributed by atoms with van der Waals surface area (Å²) in [6, 6.07) is 17.9. The van der Waals surface area contributed by atoms with Gasteiger partial charge in [0.15, 0.2) is 0 Å². The number of hydrogen-bond donors (Lipinski definition) is 1. The molecule has 37 heavy (non-hydrogen) atoms. The Labute approximate surface area is 215 Å². The number of benzene rings is 2. The van der Waals surface area contributed by atoms with Gasteiger partial charge in [0.05, 0.1) is 30.3 Å². The van der Waals surface area contributed by atoms with E-state index in [2.05, 4.69) is 26.4 Å². The summed E-state index contributed by atoms with van der Waals surface area (Å²) in [5.74, 6) is 0.372. The number of hydrogen-bond acceptors (Lipinski definition) is 5. The standard InChI is InChI=1S/C29H30FN5O2/c1-34-28(21-6-4-8-26(16-21)37-2)23(18-32-34)19-35-13-11-25(12-14-35)33-29(36)22-9-10-27(31-17-22)20-5-3-7-24(30)15-20/h3-10,15-18,25H,11-14,19H2,1-2H3,(H,33,36). The van der Waals surface area contributed by atoms with Crippen LogP contribution in [-0.2, 0) is 13.6 Å². The van der Waals surface area contributed by atoms with E-state index in [1.165, 1.54) is 17.7 Å². The minimum absolute atomic E-state index is 0.110. The molecule has 1 saturated heterocycles. The van der Waals surface area contributed by atoms with Gasteiger partial charge in [0.1, 0.15) is 11.6 Å². The van der Waals surface area contributed by atoms with E-state index in [1.54, 1.807) is 37.6 Å². The topological polar surface area (TPSA) is 72.3 Å². The summed E-state index contributed by atoms with van der Waals surface area (Å²) >= 11 is 0. The molecule has 0 unspecified atom stereocenters. The number of aromatic nitrogens is 3. The van der Waals surface area contributed by atoms with Gasteiger partial charge in [-0.15, -0.1) is 0 Å². The first-order valence-electron chi connectivity index (χ1n) is 12.4. The molecule has 0 saturated carbocycles. The van der Waals surface area contributed by atoms with Crippen molar-refractivity contribution in [3.8, 4) is 28.3 Å². The Morgan fingerprint density at radius 1 is 1.05 bits per heavy atom. The van der Waals surface area contributed by atoms with Gasteiger partial charge in [0.25, 0.3) is 5.91 Å². The summed E-state index contributed by atoms with van der Waals surface area (Å²) in [6.45, 7) is 2.56. The Morgan fingerprint density at radius 2 is 1.84 bits per heavy atom. The fourth-order valence-electron chi connectivity index (χ4n) is 4.83. The molecule has 1 amide bonds. The van der Waals surface area contributed by atoms with Gasteiger partial charge in [-0.3, -0.25) is 19.4 Å². The monoisotopic (exact) mass is 499 g/mol. The average molecular weight is 500 g/mol. The zero-order valence-electron chi connectivity index (χ0n) is 21.0. The molecule has 2 aromatic heterocycles. The Balaban J connectivity index is 1.17. The van der Waals surface area contributed by atoms with E-state index in [9.17, 15) is 9.18 Å². The molecule has 0 radical (unpaired) electrons. The number of amides is 1. The van der Waals surface area contributed by atoms with E-state index in [1.807, 2.05) is 36.1 Å². The van der Waals surface area contributed by atoms with Crippen molar-refractivity contribution >= 4 is 5.91 Å². The van der Waals surface area contributed by atoms with Crippen LogP contribution in [0.1, 0.15) is 28.8 Å². The average Bonchev–Trinajstić information content (AvgIpc) is 3.29. The number of likely N-dealkylation sites (tertiary alicyclic amines) is 1. The van der Waals surface area contributed by atoms with E-state index >= 15 is 0 Å². The summed E-state index contributed by atoms with van der Waals surface area (Å²) < 4.78 is 20.8. The lowest BCUT2D eigenvalue weighted by Crippen LogP contribution is -2.44. The predicted molar refractivity (Wildman–Crippen MR) is 141 cm³/mol. The van der Waals surface area contributed by atoms with Crippen molar-refractivity contribution in [2.45, 2.75) is 25.4 Å². The van der Waals surface area contributed by atoms with Crippen LogP contribution < -0.4 is 10.1 Å². The zero-order chi connectivity index (χ0) is 25.8. The van der Waals surface area contributed by atoms with E-state index in [0.29, 0.717) is 16.8 Å². The van der Waals surface area contributed by atoms with Crippen LogP contribution in [0.5, 0.6) is 5.75 Å². The minimum atomic E-state index is -0.312. The fraction of sp³-hybridized carbons (Fsp3) is 0.276. The summed E-state index contributed by atoms with van der Waals surface area (Å²) in [5, 5.41) is 7.65. The van der Waals surface area contributed by atoms with Crippen LogP contribution in [0.2, 0.25) is 0 Å². The molecule has 0 spiro atoms. The number of aryl methyl sites for hydroxylation is 1. The van der Waals surface area contributed by atoms with E-state index in [4.69, 9.17) is 4.74 Å². The van der Waals surface area contributed by atoms with Gasteiger partial charge in [-0.1, -0.05) is 24.3 Å². The first-order chi connectivity index (χ1) is 18.0. The highest BCUT2D eigenvalue weighted by molar-refractivity contribution is 5.94. The van der Waals surface area contributed by atoms with Crippen molar-refractivity contribution < 1.29 is 13.9 Å². The van der Waals surface area contributed by atoms with Crippen molar-refractivity contribution in [3.63, 3.8) is 0 Å². The number of nitrogens with one attached hydrogen (secondary N) is 1. The number of pyridine rings is 1. The summed E-state index contributed by atoms with van der Waals surface area (Å²) in [4.78, 5) is 19.6. The third-order valence-corrected chi connectivity index (χ3v) is 6.82. The Bertz CT molecular complexity index is 1380. The van der Waals surface area contributed by atoms with Crippen molar-refractivity contribution in [1.29, 1.82) is 0 Å². The molecule has 1 N–H and O–H groups in total. The van der Waals surface area contributed by atoms with Gasteiger partial charge in [-0.25, -0.2) is 4.39 Å². The highest BCUT2D eigenvalue weighted by Crippen LogP contribution is 2.28. The largest absolute Gasteiger partial charge is 0.497 e. The molecule has 8 heteroatoms. The predicted octanol–water partition coefficient (Wildman–Crippen LogP) is 4.69. The Kier molecular flexibility index (Phi) is 7.28. The van der Waals surface area contributed by atoms with Gasteiger partial charge in [0, 0.05) is 55.6 Å². The quantitative estimate of drug-likeness (QED) is 0.399. The molecule has 1 fully saturated rings. The molecule has 5 rings (SSSR count). The van der Waals surface area contributed by atoms with E-state index in [-0.39, 0.29) is 17.8 Å². The molecule has 0 bridgehead atoms. The number of carbonyl (C=O) groups excluding carboxylic acids is 1. The number of ether oxygens (including phenoxy) is 1. The second-order valence-electron chi connectivity index (χ2n) is 9.34. The molecular weight excluding hydrogens is 469 g/mol. The lowest BCUT2D eigenvalue weighted by molar-refractivity contribution is 0.0908. The summed E-state index contributed by atoms with van der Waals surface area (Å²) in [7, 11) is 3.63. The Hall–Kier alpha value is -4.04. The first-order valence-corrected chi connectivity index (χ1v) is 12.4. The van der Waals surface area contributed by atoms with Gasteiger partial charge >= 0.3 is 0 Å². The van der Waals surface area contributed by atoms with E-state index < -0.39 is 0 Å². The molecule has 0 aliphatic carbocycles. The lowest BCUT2D eigenvalue weighted by Gasteiger charge is -2.32. The van der Waals surface area contributed by atoms with Crippen LogP contribution in [0.15, 0.2) is 73.1 Å². The van der Waals surface area contributed by atoms with Crippen molar-refractivity contribution in [1.82, 2.24) is 25.0 Å². The highest BCUT2D eigenvalue weighted by Gasteiger charge is 2.23. The number of piperidine rings is 1. The SMILES string of the molecule is COc1cccc(-c2c(CN3CCC(NC(=O)c4ccc(-c5cccc(F)c5)nc4)CC3)cnn2C)c1. The normalized spacial score (nSPS) is 14.5. The molecule has 190 valence electrons. The Morgan fingerprint density at radius 3 is 2.57 bits per heavy atom. The maximum Gasteiger partial charge on any atom is 0.253 e. The first kappa shape index (κ1) is 24.6. The molecule has 1 aliphatic rings. The van der Waals surface area contributed by atoms with Crippen LogP contribution >= 0.6 is 0 Å². The van der Waals surface area contributed by atoms with Gasteiger partial charge in [-0.2, -0.15) is 5.10 Å². The van der Waals surface area contributed by atoms with E-state index in [0.717, 1.165) is 49.5 Å². The number of nitrogens with zero attached hydrogens (tertiary/aromatic N) is 4. The second kappa shape index (κ2) is 10.9. The second-order valence-corrected chi connectivity index (χ2v) is 9.34. The smallest absolute Gasteiger partial charge is 0.253 e. The molecule has 7 nitrogen and oxygen atoms in total. The minimum Gasteiger partial charge on any atom is -0.497 e. The maximum absolute atomic E-state index is 13.5. The molecule has 2 aromatic carbocycles. The van der Waals surface area contributed by atoms with Crippen LogP contribution in [-0.4, -0.2) is 51.8 Å². The number of carbonyl (C=O) groups is 1. The van der Waals surface area contributed by atoms with Crippen LogP contribution in [0.25, 0.3) is 22.5 Å². The van der Waals surface area contributed by atoms with Crippen molar-refractivity contribution in [3.05, 3.63) is 90.0 Å². The third-order valence-electron chi connectivity index (χ3n) is 6.82. The molecular formula is C29H30FN5O2. The van der Waals surface area contributed by atoms with Crippen molar-refractivity contribution in [2.75, 3.05) is 20.2 Å². The maximum atomic E-state index is 13.5. The van der Waals surface area contributed by atoms with Crippen molar-refractivity contribution in [2.24, 2.45) is 7.05 Å². The van der Waals surface area contributed by atoms with Crippen LogP contribution in [0, 0.1) is 5.82 Å². The number of halogens is 1. The fourth-order valence-corrected chi connectivity index (χ4v) is 4.83. The highest BCUT2D eigenvalue weighted by atomic mass is 19.1. The van der Waals surface area contributed by atoms with Gasteiger partial charge in [0.2, 0.25) is 0 Å². The van der Waals surface area contributed by atoms with Crippen LogP contribution in [0.3, 0.4) is 0 Å². The summed E-state index contributed by atoms with van der Waals surface area (Å²) in [6.07, 6.45) is 5.22. The lowest BCUT2D eigenvalue weighted by atomic mass is 10.0. The van der Waals surface area contributed by atoms with Gasteiger partial charge in [-0.05, 0) is 49.2 Å².